The van der Waals surface area contributed by atoms with Crippen LogP contribution in [-0.4, -0.2) is 46.6 Å². The summed E-state index contributed by atoms with van der Waals surface area (Å²) in [6.07, 6.45) is 17.2. The molecular formula is C29H26FN9. The average molecular weight is 520 g/mol. The van der Waals surface area contributed by atoms with Gasteiger partial charge in [-0.15, -0.1) is 0 Å². The van der Waals surface area contributed by atoms with Gasteiger partial charge in [-0.2, -0.15) is 5.10 Å². The minimum absolute atomic E-state index is 0.226. The Kier molecular flexibility index (Phi) is 6.01. The molecule has 0 amide bonds. The molecule has 0 saturated heterocycles. The first-order valence-electron chi connectivity index (χ1n) is 13.2. The predicted molar refractivity (Wildman–Crippen MR) is 147 cm³/mol. The SMILES string of the molecule is Fc1c(-c2cncc(CNCC3CCCC3)c2)ncc2[nH]nc(-c3nc4c(-c5cccnc5)cncc4[nH]3)c12. The van der Waals surface area contributed by atoms with Crippen LogP contribution in [0.25, 0.3) is 55.8 Å². The van der Waals surface area contributed by atoms with Crippen LogP contribution in [0.1, 0.15) is 31.2 Å². The van der Waals surface area contributed by atoms with Gasteiger partial charge in [0, 0.05) is 54.2 Å². The molecule has 6 heterocycles. The lowest BCUT2D eigenvalue weighted by Gasteiger charge is -2.11. The van der Waals surface area contributed by atoms with E-state index in [1.165, 1.54) is 25.7 Å². The lowest BCUT2D eigenvalue weighted by molar-refractivity contribution is 0.489. The summed E-state index contributed by atoms with van der Waals surface area (Å²) in [6, 6.07) is 5.76. The number of fused-ring (bicyclic) bond motifs is 2. The number of halogens is 1. The van der Waals surface area contributed by atoms with E-state index in [1.807, 2.05) is 24.4 Å². The molecule has 39 heavy (non-hydrogen) atoms. The number of nitrogens with one attached hydrogen (secondary N) is 3. The van der Waals surface area contributed by atoms with Gasteiger partial charge in [0.2, 0.25) is 0 Å². The number of pyridine rings is 4. The second-order valence-corrected chi connectivity index (χ2v) is 10.1. The van der Waals surface area contributed by atoms with Crippen molar-refractivity contribution in [3.05, 3.63) is 73.0 Å². The first-order chi connectivity index (χ1) is 19.2. The topological polar surface area (TPSA) is 121 Å². The van der Waals surface area contributed by atoms with Crippen molar-refractivity contribution in [2.45, 2.75) is 32.2 Å². The molecule has 0 unspecified atom stereocenters. The third-order valence-electron chi connectivity index (χ3n) is 7.44. The lowest BCUT2D eigenvalue weighted by Crippen LogP contribution is -2.20. The number of H-pyrrole nitrogens is 2. The van der Waals surface area contributed by atoms with Gasteiger partial charge in [-0.05, 0) is 43.0 Å². The molecule has 0 bridgehead atoms. The van der Waals surface area contributed by atoms with Crippen LogP contribution in [0.4, 0.5) is 4.39 Å². The Balaban J connectivity index is 1.24. The van der Waals surface area contributed by atoms with Gasteiger partial charge in [-0.25, -0.2) is 9.37 Å². The van der Waals surface area contributed by atoms with Gasteiger partial charge in [-0.3, -0.25) is 25.0 Å². The lowest BCUT2D eigenvalue weighted by atomic mass is 10.1. The summed E-state index contributed by atoms with van der Waals surface area (Å²) in [4.78, 5) is 25.4. The van der Waals surface area contributed by atoms with Crippen LogP contribution in [0, 0.1) is 11.7 Å². The van der Waals surface area contributed by atoms with Crippen molar-refractivity contribution >= 4 is 21.9 Å². The van der Waals surface area contributed by atoms with Gasteiger partial charge < -0.3 is 10.3 Å². The zero-order valence-electron chi connectivity index (χ0n) is 21.2. The number of aromatic amines is 2. The number of aromatic nitrogens is 8. The fourth-order valence-corrected chi connectivity index (χ4v) is 5.48. The fraction of sp³-hybridized carbons (Fsp3) is 0.241. The van der Waals surface area contributed by atoms with Crippen LogP contribution >= 0.6 is 0 Å². The van der Waals surface area contributed by atoms with E-state index in [9.17, 15) is 0 Å². The Morgan fingerprint density at radius 2 is 1.79 bits per heavy atom. The first-order valence-corrected chi connectivity index (χ1v) is 13.2. The van der Waals surface area contributed by atoms with Crippen molar-refractivity contribution in [2.24, 2.45) is 5.92 Å². The molecule has 0 atom stereocenters. The standard InChI is InChI=1S/C29H26FN9/c30-25-24-22(16-35-26(25)20-8-18(11-33-13-20)10-32-9-17-4-1-2-5-17)38-39-28(24)29-36-23-15-34-14-21(27(23)37-29)19-6-3-7-31-12-19/h3,6-8,11-17,32H,1-2,4-5,9-10H2,(H,36,37)(H,38,39). The number of rotatable bonds is 7. The predicted octanol–water partition coefficient (Wildman–Crippen LogP) is 5.44. The van der Waals surface area contributed by atoms with E-state index < -0.39 is 5.82 Å². The van der Waals surface area contributed by atoms with Crippen LogP contribution in [0.15, 0.2) is 61.6 Å². The Bertz CT molecular complexity index is 1770. The van der Waals surface area contributed by atoms with E-state index >= 15 is 4.39 Å². The molecule has 6 aromatic rings. The highest BCUT2D eigenvalue weighted by atomic mass is 19.1. The fourth-order valence-electron chi connectivity index (χ4n) is 5.48. The van der Waals surface area contributed by atoms with Crippen molar-refractivity contribution in [3.8, 4) is 33.9 Å². The molecule has 1 aliphatic rings. The van der Waals surface area contributed by atoms with Crippen molar-refractivity contribution in [1.82, 2.24) is 45.4 Å². The van der Waals surface area contributed by atoms with Gasteiger partial charge in [0.25, 0.3) is 0 Å². The molecule has 1 fully saturated rings. The zero-order chi connectivity index (χ0) is 26.2. The third-order valence-corrected chi connectivity index (χ3v) is 7.44. The van der Waals surface area contributed by atoms with Crippen LogP contribution in [0.2, 0.25) is 0 Å². The molecule has 7 rings (SSSR count). The summed E-state index contributed by atoms with van der Waals surface area (Å²) in [5, 5.41) is 11.1. The molecule has 9 nitrogen and oxygen atoms in total. The first kappa shape index (κ1) is 23.5. The molecule has 0 aromatic carbocycles. The molecule has 0 spiro atoms. The van der Waals surface area contributed by atoms with Crippen LogP contribution in [0.5, 0.6) is 0 Å². The molecule has 0 radical (unpaired) electrons. The van der Waals surface area contributed by atoms with Crippen molar-refractivity contribution in [3.63, 3.8) is 0 Å². The second kappa shape index (κ2) is 9.95. The Hall–Kier alpha value is -4.57. The normalized spacial score (nSPS) is 14.1. The summed E-state index contributed by atoms with van der Waals surface area (Å²) in [6.45, 7) is 1.68. The van der Waals surface area contributed by atoms with Crippen LogP contribution in [0.3, 0.4) is 0 Å². The van der Waals surface area contributed by atoms with E-state index in [4.69, 9.17) is 4.98 Å². The quantitative estimate of drug-likeness (QED) is 0.257. The summed E-state index contributed by atoms with van der Waals surface area (Å²) >= 11 is 0. The maximum absolute atomic E-state index is 16.1. The van der Waals surface area contributed by atoms with Gasteiger partial charge in [-0.1, -0.05) is 18.9 Å². The van der Waals surface area contributed by atoms with E-state index in [0.29, 0.717) is 40.0 Å². The van der Waals surface area contributed by atoms with E-state index in [0.717, 1.165) is 34.7 Å². The Morgan fingerprint density at radius 3 is 2.67 bits per heavy atom. The largest absolute Gasteiger partial charge is 0.335 e. The van der Waals surface area contributed by atoms with Gasteiger partial charge in [0.15, 0.2) is 11.6 Å². The number of imidazole rings is 1. The van der Waals surface area contributed by atoms with Crippen molar-refractivity contribution < 1.29 is 4.39 Å². The number of nitrogens with zero attached hydrogens (tertiary/aromatic N) is 6. The summed E-state index contributed by atoms with van der Waals surface area (Å²) in [5.74, 6) is 0.713. The maximum Gasteiger partial charge on any atom is 0.161 e. The molecule has 6 aromatic heterocycles. The minimum atomic E-state index is -0.472. The van der Waals surface area contributed by atoms with E-state index in [-0.39, 0.29) is 5.69 Å². The smallest absolute Gasteiger partial charge is 0.161 e. The molecule has 10 heteroatoms. The summed E-state index contributed by atoms with van der Waals surface area (Å²) in [7, 11) is 0. The molecule has 194 valence electrons. The van der Waals surface area contributed by atoms with Crippen molar-refractivity contribution in [1.29, 1.82) is 0 Å². The van der Waals surface area contributed by atoms with Crippen LogP contribution in [-0.2, 0) is 6.54 Å². The number of hydrogen-bond donors (Lipinski definition) is 3. The van der Waals surface area contributed by atoms with E-state index in [1.54, 1.807) is 37.2 Å². The number of hydrogen-bond acceptors (Lipinski definition) is 7. The highest BCUT2D eigenvalue weighted by molar-refractivity contribution is 5.97. The third kappa shape index (κ3) is 4.42. The Labute approximate surface area is 223 Å². The molecule has 1 saturated carbocycles. The van der Waals surface area contributed by atoms with E-state index in [2.05, 4.69) is 40.4 Å². The zero-order valence-corrected chi connectivity index (χ0v) is 21.2. The summed E-state index contributed by atoms with van der Waals surface area (Å²) in [5.41, 5.74) is 5.85. The molecule has 0 aliphatic heterocycles. The van der Waals surface area contributed by atoms with Crippen molar-refractivity contribution in [2.75, 3.05) is 6.54 Å². The molecular weight excluding hydrogens is 493 g/mol. The second-order valence-electron chi connectivity index (χ2n) is 10.1. The Morgan fingerprint density at radius 1 is 0.923 bits per heavy atom. The molecule has 3 N–H and O–H groups in total. The monoisotopic (exact) mass is 519 g/mol. The van der Waals surface area contributed by atoms with Gasteiger partial charge >= 0.3 is 0 Å². The minimum Gasteiger partial charge on any atom is -0.335 e. The molecule has 1 aliphatic carbocycles. The van der Waals surface area contributed by atoms with Crippen LogP contribution < -0.4 is 5.32 Å². The maximum atomic E-state index is 16.1. The van der Waals surface area contributed by atoms with Gasteiger partial charge in [0.05, 0.1) is 28.8 Å². The summed E-state index contributed by atoms with van der Waals surface area (Å²) < 4.78 is 16.1. The highest BCUT2D eigenvalue weighted by Gasteiger charge is 2.21. The highest BCUT2D eigenvalue weighted by Crippen LogP contribution is 2.34. The average Bonchev–Trinajstić information content (AvgIpc) is 3.73. The van der Waals surface area contributed by atoms with Gasteiger partial charge in [0.1, 0.15) is 16.9 Å².